The van der Waals surface area contributed by atoms with Gasteiger partial charge in [-0.15, -0.1) is 0 Å². The van der Waals surface area contributed by atoms with Gasteiger partial charge >= 0.3 is 6.03 Å². The number of carbonyl (C=O) groups is 1. The molecule has 47 heavy (non-hydrogen) atoms. The Balaban J connectivity index is 1.11. The van der Waals surface area contributed by atoms with Gasteiger partial charge in [0.25, 0.3) is 0 Å². The summed E-state index contributed by atoms with van der Waals surface area (Å²) in [5.41, 5.74) is 5.32. The average molecular weight is 624 g/mol. The number of amides is 2. The molecule has 0 saturated heterocycles. The van der Waals surface area contributed by atoms with Gasteiger partial charge in [-0.25, -0.2) is 14.5 Å². The van der Waals surface area contributed by atoms with E-state index in [2.05, 4.69) is 43.0 Å². The second-order valence-corrected chi connectivity index (χ2v) is 11.2. The summed E-state index contributed by atoms with van der Waals surface area (Å²) in [6, 6.07) is 28.5. The van der Waals surface area contributed by atoms with E-state index in [4.69, 9.17) is 9.84 Å². The van der Waals surface area contributed by atoms with Gasteiger partial charge in [-0.3, -0.25) is 10.4 Å². The number of ether oxygens (including phenoxy) is 1. The predicted molar refractivity (Wildman–Crippen MR) is 185 cm³/mol. The Morgan fingerprint density at radius 2 is 1.74 bits per heavy atom. The van der Waals surface area contributed by atoms with Crippen LogP contribution >= 0.6 is 0 Å². The lowest BCUT2D eigenvalue weighted by molar-refractivity contribution is 0.262. The average Bonchev–Trinajstić information content (AvgIpc) is 3.73. The van der Waals surface area contributed by atoms with Gasteiger partial charge in [-0.2, -0.15) is 15.2 Å². The lowest BCUT2D eigenvalue weighted by Crippen LogP contribution is -2.21. The molecule has 0 unspecified atom stereocenters. The Bertz CT molecular complexity index is 2190. The van der Waals surface area contributed by atoms with Crippen LogP contribution in [-0.4, -0.2) is 36.0 Å². The van der Waals surface area contributed by atoms with E-state index < -0.39 is 0 Å². The van der Waals surface area contributed by atoms with E-state index in [1.54, 1.807) is 23.1 Å². The SMILES string of the molecule is CCCCc1cc(NC(=O)Nc2ccc(Oc3ccnc(Nc4cccc5[nH]ncc45)n3)c3ccccc23)n(-c2ccc(C)cc2)n1. The van der Waals surface area contributed by atoms with Crippen LogP contribution in [0.3, 0.4) is 0 Å². The molecular formula is C36H33N9O2. The summed E-state index contributed by atoms with van der Waals surface area (Å²) in [5.74, 6) is 1.94. The Labute approximate surface area is 271 Å². The molecule has 4 N–H and O–H groups in total. The monoisotopic (exact) mass is 623 g/mol. The third kappa shape index (κ3) is 6.45. The van der Waals surface area contributed by atoms with E-state index in [1.165, 1.54) is 0 Å². The number of carbonyl (C=O) groups excluding carboxylic acids is 1. The first-order valence-corrected chi connectivity index (χ1v) is 15.5. The zero-order valence-corrected chi connectivity index (χ0v) is 26.0. The molecule has 0 atom stereocenters. The van der Waals surface area contributed by atoms with E-state index >= 15 is 0 Å². The van der Waals surface area contributed by atoms with Gasteiger partial charge in [0, 0.05) is 34.5 Å². The lowest BCUT2D eigenvalue weighted by Gasteiger charge is -2.14. The van der Waals surface area contributed by atoms with Gasteiger partial charge in [0.1, 0.15) is 11.6 Å². The number of aryl methyl sites for hydroxylation is 2. The number of aromatic nitrogens is 6. The Kier molecular flexibility index (Phi) is 8.16. The first-order valence-electron chi connectivity index (χ1n) is 15.5. The number of rotatable bonds is 10. The first kappa shape index (κ1) is 29.5. The van der Waals surface area contributed by atoms with E-state index in [9.17, 15) is 4.79 Å². The highest BCUT2D eigenvalue weighted by Crippen LogP contribution is 2.34. The van der Waals surface area contributed by atoms with Gasteiger partial charge < -0.3 is 15.4 Å². The number of benzene rings is 4. The fourth-order valence-corrected chi connectivity index (χ4v) is 5.39. The summed E-state index contributed by atoms with van der Waals surface area (Å²) in [5, 5.41) is 23.7. The molecular weight excluding hydrogens is 590 g/mol. The molecule has 4 aromatic carbocycles. The first-order chi connectivity index (χ1) is 23.0. The topological polar surface area (TPSA) is 135 Å². The van der Waals surface area contributed by atoms with Crippen LogP contribution in [0.25, 0.3) is 27.4 Å². The minimum Gasteiger partial charge on any atom is -0.438 e. The fraction of sp³-hybridized carbons (Fsp3) is 0.139. The minimum atomic E-state index is -0.377. The van der Waals surface area contributed by atoms with E-state index in [0.29, 0.717) is 29.1 Å². The molecule has 0 aliphatic carbocycles. The minimum absolute atomic E-state index is 0.369. The molecule has 2 amide bonds. The van der Waals surface area contributed by atoms with Crippen molar-refractivity contribution in [3.8, 4) is 17.3 Å². The highest BCUT2D eigenvalue weighted by Gasteiger charge is 2.15. The molecule has 0 aliphatic rings. The zero-order valence-electron chi connectivity index (χ0n) is 26.0. The van der Waals surface area contributed by atoms with Crippen LogP contribution in [-0.2, 0) is 6.42 Å². The third-order valence-corrected chi connectivity index (χ3v) is 7.77. The number of H-pyrrole nitrogens is 1. The molecule has 234 valence electrons. The number of hydrogen-bond donors (Lipinski definition) is 4. The molecule has 0 radical (unpaired) electrons. The summed E-state index contributed by atoms with van der Waals surface area (Å²) in [6.45, 7) is 4.19. The van der Waals surface area contributed by atoms with Crippen molar-refractivity contribution in [3.05, 3.63) is 115 Å². The van der Waals surface area contributed by atoms with Crippen molar-refractivity contribution in [3.63, 3.8) is 0 Å². The van der Waals surface area contributed by atoms with Crippen molar-refractivity contribution >= 4 is 50.8 Å². The Hall–Kier alpha value is -6.23. The summed E-state index contributed by atoms with van der Waals surface area (Å²) in [6.07, 6.45) is 6.31. The van der Waals surface area contributed by atoms with Crippen LogP contribution in [0.2, 0.25) is 0 Å². The maximum absolute atomic E-state index is 13.4. The lowest BCUT2D eigenvalue weighted by atomic mass is 10.1. The third-order valence-electron chi connectivity index (χ3n) is 7.77. The van der Waals surface area contributed by atoms with E-state index in [0.717, 1.165) is 63.6 Å². The molecule has 0 saturated carbocycles. The predicted octanol–water partition coefficient (Wildman–Crippen LogP) is 8.52. The number of urea groups is 1. The molecule has 0 bridgehead atoms. The fourth-order valence-electron chi connectivity index (χ4n) is 5.39. The van der Waals surface area contributed by atoms with Gasteiger partial charge in [0.05, 0.1) is 34.5 Å². The van der Waals surface area contributed by atoms with Gasteiger partial charge in [0.2, 0.25) is 11.8 Å². The van der Waals surface area contributed by atoms with Crippen LogP contribution in [0.1, 0.15) is 31.0 Å². The van der Waals surface area contributed by atoms with Crippen molar-refractivity contribution in [2.45, 2.75) is 33.1 Å². The maximum Gasteiger partial charge on any atom is 0.324 e. The molecule has 11 nitrogen and oxygen atoms in total. The summed E-state index contributed by atoms with van der Waals surface area (Å²) in [7, 11) is 0. The van der Waals surface area contributed by atoms with Crippen molar-refractivity contribution in [1.29, 1.82) is 0 Å². The molecule has 3 aromatic heterocycles. The largest absolute Gasteiger partial charge is 0.438 e. The highest BCUT2D eigenvalue weighted by atomic mass is 16.5. The Morgan fingerprint density at radius 1 is 0.894 bits per heavy atom. The summed E-state index contributed by atoms with van der Waals surface area (Å²) < 4.78 is 8.03. The van der Waals surface area contributed by atoms with Crippen LogP contribution in [0.4, 0.5) is 27.9 Å². The normalized spacial score (nSPS) is 11.1. The van der Waals surface area contributed by atoms with Crippen LogP contribution in [0.5, 0.6) is 11.6 Å². The quantitative estimate of drug-likeness (QED) is 0.120. The number of hydrogen-bond acceptors (Lipinski definition) is 7. The highest BCUT2D eigenvalue weighted by molar-refractivity contribution is 6.07. The molecule has 3 heterocycles. The molecule has 7 aromatic rings. The van der Waals surface area contributed by atoms with Gasteiger partial charge in [-0.1, -0.05) is 61.4 Å². The number of unbranched alkanes of at least 4 members (excludes halogenated alkanes) is 1. The maximum atomic E-state index is 13.4. The molecule has 0 spiro atoms. The smallest absolute Gasteiger partial charge is 0.324 e. The second-order valence-electron chi connectivity index (χ2n) is 11.2. The Morgan fingerprint density at radius 3 is 2.60 bits per heavy atom. The van der Waals surface area contributed by atoms with Gasteiger partial charge in [-0.05, 0) is 56.2 Å². The van der Waals surface area contributed by atoms with Crippen LogP contribution in [0, 0.1) is 6.92 Å². The number of anilines is 4. The standard InChI is InChI=1S/C36H33N9O2/c1-3-4-8-24-21-33(45(44-24)25-15-13-23(2)14-16-25)41-36(46)40-30-17-18-32(27-10-6-5-9-26(27)30)47-34-19-20-37-35(42-34)39-29-11-7-12-31-28(29)22-38-43-31/h5-7,9-22H,3-4,8H2,1-2H3,(H,38,43)(H,37,39,42)(H2,40,41,46). The molecule has 7 rings (SSSR count). The van der Waals surface area contributed by atoms with E-state index in [-0.39, 0.29) is 6.03 Å². The van der Waals surface area contributed by atoms with Crippen molar-refractivity contribution < 1.29 is 9.53 Å². The number of nitrogens with zero attached hydrogens (tertiary/aromatic N) is 5. The van der Waals surface area contributed by atoms with E-state index in [1.807, 2.05) is 91.9 Å². The molecule has 11 heteroatoms. The van der Waals surface area contributed by atoms with Crippen LogP contribution < -0.4 is 20.7 Å². The van der Waals surface area contributed by atoms with Crippen LogP contribution in [0.15, 0.2) is 103 Å². The molecule has 0 aliphatic heterocycles. The van der Waals surface area contributed by atoms with Crippen molar-refractivity contribution in [2.24, 2.45) is 0 Å². The number of aromatic amines is 1. The van der Waals surface area contributed by atoms with Crippen molar-refractivity contribution in [2.75, 3.05) is 16.0 Å². The summed E-state index contributed by atoms with van der Waals surface area (Å²) >= 11 is 0. The zero-order chi connectivity index (χ0) is 32.2. The second kappa shape index (κ2) is 13.0. The molecule has 0 fully saturated rings. The van der Waals surface area contributed by atoms with Gasteiger partial charge in [0.15, 0.2) is 0 Å². The van der Waals surface area contributed by atoms with Crippen molar-refractivity contribution in [1.82, 2.24) is 29.9 Å². The number of fused-ring (bicyclic) bond motifs is 2. The summed E-state index contributed by atoms with van der Waals surface area (Å²) in [4.78, 5) is 22.3. The number of nitrogens with one attached hydrogen (secondary N) is 4.